The number of carbonyl (C=O) groups is 1. The van der Waals surface area contributed by atoms with Gasteiger partial charge < -0.3 is 20.4 Å². The van der Waals surface area contributed by atoms with E-state index in [4.69, 9.17) is 0 Å². The smallest absolute Gasteiger partial charge is 0.222 e. The highest BCUT2D eigenvalue weighted by atomic mass is 16.2. The predicted molar refractivity (Wildman–Crippen MR) is 120 cm³/mol. The van der Waals surface area contributed by atoms with Crippen LogP contribution in [0.15, 0.2) is 29.3 Å². The first-order chi connectivity index (χ1) is 14.1. The van der Waals surface area contributed by atoms with Crippen molar-refractivity contribution in [3.63, 3.8) is 0 Å². The molecule has 1 saturated carbocycles. The summed E-state index contributed by atoms with van der Waals surface area (Å²) in [5.74, 6) is 1.03. The summed E-state index contributed by atoms with van der Waals surface area (Å²) in [7, 11) is 4.02. The van der Waals surface area contributed by atoms with E-state index >= 15 is 0 Å². The first-order valence-corrected chi connectivity index (χ1v) is 11.2. The van der Waals surface area contributed by atoms with Crippen molar-refractivity contribution in [3.05, 3.63) is 29.8 Å². The van der Waals surface area contributed by atoms with Crippen molar-refractivity contribution in [1.82, 2.24) is 15.5 Å². The molecule has 1 aromatic carbocycles. The number of benzene rings is 1. The fourth-order valence-corrected chi connectivity index (χ4v) is 4.43. The van der Waals surface area contributed by atoms with Crippen molar-refractivity contribution >= 4 is 17.6 Å². The lowest BCUT2D eigenvalue weighted by Crippen LogP contribution is -2.44. The zero-order chi connectivity index (χ0) is 20.6. The number of guanidine groups is 1. The van der Waals surface area contributed by atoms with Gasteiger partial charge in [0.1, 0.15) is 0 Å². The van der Waals surface area contributed by atoms with Crippen LogP contribution in [0.25, 0.3) is 0 Å². The van der Waals surface area contributed by atoms with Crippen LogP contribution in [0.2, 0.25) is 0 Å². The van der Waals surface area contributed by atoms with Crippen molar-refractivity contribution < 1.29 is 4.79 Å². The lowest BCUT2D eigenvalue weighted by Gasteiger charge is -2.33. The highest BCUT2D eigenvalue weighted by Gasteiger charge is 2.25. The summed E-state index contributed by atoms with van der Waals surface area (Å²) in [5.41, 5.74) is 2.54. The van der Waals surface area contributed by atoms with Crippen LogP contribution in [-0.2, 0) is 11.3 Å². The van der Waals surface area contributed by atoms with Gasteiger partial charge in [-0.25, -0.2) is 0 Å². The minimum absolute atomic E-state index is 0.232. The minimum Gasteiger partial charge on any atom is -0.372 e. The Balaban J connectivity index is 1.46. The zero-order valence-corrected chi connectivity index (χ0v) is 18.3. The molecule has 29 heavy (non-hydrogen) atoms. The average molecular weight is 400 g/mol. The molecule has 0 aromatic heterocycles. The van der Waals surface area contributed by atoms with Gasteiger partial charge in [-0.05, 0) is 37.0 Å². The van der Waals surface area contributed by atoms with E-state index in [2.05, 4.69) is 51.8 Å². The Morgan fingerprint density at radius 1 is 1.17 bits per heavy atom. The maximum absolute atomic E-state index is 11.9. The third-order valence-electron chi connectivity index (χ3n) is 6.33. The molecular formula is C23H37N5O. The van der Waals surface area contributed by atoms with Crippen LogP contribution in [-0.4, -0.2) is 56.0 Å². The molecule has 0 radical (unpaired) electrons. The first-order valence-electron chi connectivity index (χ1n) is 11.2. The van der Waals surface area contributed by atoms with Crippen LogP contribution in [0, 0.1) is 0 Å². The number of amides is 1. The maximum Gasteiger partial charge on any atom is 0.222 e. The number of hydrogen-bond donors (Lipinski definition) is 2. The van der Waals surface area contributed by atoms with Crippen LogP contribution in [0.5, 0.6) is 0 Å². The largest absolute Gasteiger partial charge is 0.372 e. The standard InChI is InChI=1S/C23H37N5O/c1-4-22(29)28-15-14-19(17-28)26-23(24-2)25-16-18-10-12-21(13-11-18)27(3)20-8-6-5-7-9-20/h10-13,19-20H,4-9,14-17H2,1-3H3,(H2,24,25,26). The van der Waals surface area contributed by atoms with Gasteiger partial charge in [0.25, 0.3) is 0 Å². The number of aliphatic imine (C=N–C) groups is 1. The molecule has 160 valence electrons. The fourth-order valence-electron chi connectivity index (χ4n) is 4.43. The Morgan fingerprint density at radius 3 is 2.55 bits per heavy atom. The van der Waals surface area contributed by atoms with Crippen molar-refractivity contribution in [2.45, 2.75) is 70.5 Å². The van der Waals surface area contributed by atoms with Gasteiger partial charge in [0.05, 0.1) is 0 Å². The third kappa shape index (κ3) is 5.87. The number of likely N-dealkylation sites (tertiary alicyclic amines) is 1. The molecule has 1 amide bonds. The van der Waals surface area contributed by atoms with E-state index in [9.17, 15) is 4.79 Å². The van der Waals surface area contributed by atoms with E-state index in [1.807, 2.05) is 11.8 Å². The Labute approximate surface area is 175 Å². The molecule has 2 N–H and O–H groups in total. The van der Waals surface area contributed by atoms with E-state index in [-0.39, 0.29) is 11.9 Å². The molecule has 6 nitrogen and oxygen atoms in total. The first kappa shape index (κ1) is 21.5. The van der Waals surface area contributed by atoms with Crippen molar-refractivity contribution in [1.29, 1.82) is 0 Å². The maximum atomic E-state index is 11.9. The Bertz CT molecular complexity index is 681. The monoisotopic (exact) mass is 399 g/mol. The van der Waals surface area contributed by atoms with Crippen LogP contribution in [0.4, 0.5) is 5.69 Å². The molecule has 1 saturated heterocycles. The molecule has 1 atom stereocenters. The molecule has 1 aliphatic carbocycles. The molecule has 1 aromatic rings. The fraction of sp³-hybridized carbons (Fsp3) is 0.652. The molecule has 0 bridgehead atoms. The Morgan fingerprint density at radius 2 is 1.90 bits per heavy atom. The quantitative estimate of drug-likeness (QED) is 0.570. The lowest BCUT2D eigenvalue weighted by atomic mass is 9.94. The van der Waals surface area contributed by atoms with E-state index in [0.717, 1.165) is 32.0 Å². The van der Waals surface area contributed by atoms with Crippen molar-refractivity contribution in [2.75, 3.05) is 32.1 Å². The van der Waals surface area contributed by atoms with Crippen LogP contribution < -0.4 is 15.5 Å². The van der Waals surface area contributed by atoms with Gasteiger partial charge in [-0.3, -0.25) is 9.79 Å². The molecule has 2 fully saturated rings. The van der Waals surface area contributed by atoms with Crippen molar-refractivity contribution in [2.24, 2.45) is 4.99 Å². The third-order valence-corrected chi connectivity index (χ3v) is 6.33. The summed E-state index contributed by atoms with van der Waals surface area (Å²) in [6, 6.07) is 9.81. The number of nitrogens with one attached hydrogen (secondary N) is 2. The number of carbonyl (C=O) groups excluding carboxylic acids is 1. The molecule has 2 aliphatic rings. The lowest BCUT2D eigenvalue weighted by molar-refractivity contribution is -0.129. The molecule has 0 spiro atoms. The van der Waals surface area contributed by atoms with E-state index in [1.165, 1.54) is 43.4 Å². The van der Waals surface area contributed by atoms with Crippen molar-refractivity contribution in [3.8, 4) is 0 Å². The predicted octanol–water partition coefficient (Wildman–Crippen LogP) is 3.13. The van der Waals surface area contributed by atoms with E-state index in [1.54, 1.807) is 7.05 Å². The Kier molecular flexibility index (Phi) is 7.78. The van der Waals surface area contributed by atoms with Crippen LogP contribution >= 0.6 is 0 Å². The number of rotatable bonds is 6. The molecular weight excluding hydrogens is 362 g/mol. The summed E-state index contributed by atoms with van der Waals surface area (Å²) >= 11 is 0. The average Bonchev–Trinajstić information content (AvgIpc) is 3.25. The second kappa shape index (κ2) is 10.5. The minimum atomic E-state index is 0.232. The van der Waals surface area contributed by atoms with E-state index < -0.39 is 0 Å². The van der Waals surface area contributed by atoms with Gasteiger partial charge in [0.15, 0.2) is 5.96 Å². The van der Waals surface area contributed by atoms with Crippen LogP contribution in [0.1, 0.15) is 57.4 Å². The molecule has 1 unspecified atom stereocenters. The summed E-state index contributed by atoms with van der Waals surface area (Å²) in [4.78, 5) is 20.6. The summed E-state index contributed by atoms with van der Waals surface area (Å²) < 4.78 is 0. The molecule has 3 rings (SSSR count). The van der Waals surface area contributed by atoms with Gasteiger partial charge in [0, 0.05) is 57.9 Å². The summed E-state index contributed by atoms with van der Waals surface area (Å²) in [5, 5.41) is 6.86. The van der Waals surface area contributed by atoms with E-state index in [0.29, 0.717) is 12.5 Å². The highest BCUT2D eigenvalue weighted by Crippen LogP contribution is 2.26. The van der Waals surface area contributed by atoms with Gasteiger partial charge >= 0.3 is 0 Å². The van der Waals surface area contributed by atoms with Gasteiger partial charge in [-0.1, -0.05) is 38.3 Å². The second-order valence-electron chi connectivity index (χ2n) is 8.32. The zero-order valence-electron chi connectivity index (χ0n) is 18.3. The molecule has 6 heteroatoms. The SMILES string of the molecule is CCC(=O)N1CCC(NC(=NC)NCc2ccc(N(C)C3CCCCC3)cc2)C1. The highest BCUT2D eigenvalue weighted by molar-refractivity contribution is 5.80. The number of hydrogen-bond acceptors (Lipinski definition) is 3. The van der Waals surface area contributed by atoms with Gasteiger partial charge in [0.2, 0.25) is 5.91 Å². The van der Waals surface area contributed by atoms with Gasteiger partial charge in [-0.2, -0.15) is 0 Å². The second-order valence-corrected chi connectivity index (χ2v) is 8.32. The topological polar surface area (TPSA) is 60.0 Å². The molecule has 1 aliphatic heterocycles. The number of anilines is 1. The molecule has 1 heterocycles. The normalized spacial score (nSPS) is 20.6. The van der Waals surface area contributed by atoms with Crippen LogP contribution in [0.3, 0.4) is 0 Å². The van der Waals surface area contributed by atoms with Gasteiger partial charge in [-0.15, -0.1) is 0 Å². The Hall–Kier alpha value is -2.24. The summed E-state index contributed by atoms with van der Waals surface area (Å²) in [6.07, 6.45) is 8.26. The summed E-state index contributed by atoms with van der Waals surface area (Å²) in [6.45, 7) is 4.24. The number of nitrogens with zero attached hydrogens (tertiary/aromatic N) is 3.